The average Bonchev–Trinajstić information content (AvgIpc) is 2.76. The van der Waals surface area contributed by atoms with E-state index < -0.39 is 21.6 Å². The molecule has 3 aromatic rings. The average molecular weight is 474 g/mol. The molecule has 1 heterocycles. The molecule has 2 aromatic carbocycles. The zero-order chi connectivity index (χ0) is 24.0. The lowest BCUT2D eigenvalue weighted by atomic mass is 10.1. The van der Waals surface area contributed by atoms with E-state index in [0.29, 0.717) is 28.0 Å². The summed E-state index contributed by atoms with van der Waals surface area (Å²) in [5, 5.41) is 3.13. The van der Waals surface area contributed by atoms with Crippen LogP contribution in [0.25, 0.3) is 11.0 Å². The zero-order valence-corrected chi connectivity index (χ0v) is 18.7. The Hall–Kier alpha value is -3.70. The monoisotopic (exact) mass is 474 g/mol. The van der Waals surface area contributed by atoms with Crippen molar-refractivity contribution in [3.8, 4) is 5.75 Å². The summed E-state index contributed by atoms with van der Waals surface area (Å²) in [6.45, 7) is 0.992. The molecule has 0 radical (unpaired) electrons. The van der Waals surface area contributed by atoms with Crippen molar-refractivity contribution in [1.29, 1.82) is 0 Å². The molecule has 2 N–H and O–H groups in total. The maximum Gasteiger partial charge on any atom is 0.336 e. The highest BCUT2D eigenvalue weighted by Crippen LogP contribution is 2.23. The van der Waals surface area contributed by atoms with E-state index in [1.54, 1.807) is 18.2 Å². The lowest BCUT2D eigenvalue weighted by Gasteiger charge is -2.09. The van der Waals surface area contributed by atoms with Crippen LogP contribution >= 0.6 is 0 Å². The van der Waals surface area contributed by atoms with E-state index in [1.165, 1.54) is 44.4 Å². The number of esters is 1. The smallest absolute Gasteiger partial charge is 0.336 e. The number of anilines is 1. The van der Waals surface area contributed by atoms with Crippen LogP contribution in [0.1, 0.15) is 18.9 Å². The highest BCUT2D eigenvalue weighted by molar-refractivity contribution is 7.89. The van der Waals surface area contributed by atoms with Gasteiger partial charge in [0, 0.05) is 42.2 Å². The van der Waals surface area contributed by atoms with Crippen molar-refractivity contribution in [1.82, 2.24) is 4.72 Å². The first-order valence-corrected chi connectivity index (χ1v) is 11.3. The molecular weight excluding hydrogens is 452 g/mol. The maximum atomic E-state index is 12.4. The second kappa shape index (κ2) is 10.3. The predicted octanol–water partition coefficient (Wildman–Crippen LogP) is 2.17. The first-order chi connectivity index (χ1) is 15.7. The van der Waals surface area contributed by atoms with Gasteiger partial charge in [0.05, 0.1) is 18.4 Å². The van der Waals surface area contributed by atoms with Crippen molar-refractivity contribution in [2.24, 2.45) is 0 Å². The fourth-order valence-corrected chi connectivity index (χ4v) is 4.01. The van der Waals surface area contributed by atoms with Crippen LogP contribution in [-0.4, -0.2) is 33.9 Å². The van der Waals surface area contributed by atoms with E-state index in [4.69, 9.17) is 13.9 Å². The number of carbonyl (C=O) groups excluding carboxylic acids is 2. The molecule has 0 atom stereocenters. The van der Waals surface area contributed by atoms with Gasteiger partial charge in [-0.25, -0.2) is 17.9 Å². The van der Waals surface area contributed by atoms with E-state index in [1.807, 2.05) is 0 Å². The van der Waals surface area contributed by atoms with Gasteiger partial charge in [-0.15, -0.1) is 0 Å². The Labute approximate surface area is 189 Å². The lowest BCUT2D eigenvalue weighted by Crippen LogP contribution is -2.26. The van der Waals surface area contributed by atoms with Crippen molar-refractivity contribution in [2.75, 3.05) is 19.0 Å². The molecule has 0 bridgehead atoms. The molecule has 3 rings (SSSR count). The number of rotatable bonds is 9. The van der Waals surface area contributed by atoms with Crippen LogP contribution in [0.3, 0.4) is 0 Å². The largest absolute Gasteiger partial charge is 0.497 e. The van der Waals surface area contributed by atoms with Crippen molar-refractivity contribution in [3.63, 3.8) is 0 Å². The summed E-state index contributed by atoms with van der Waals surface area (Å²) in [4.78, 5) is 34.9. The fourth-order valence-electron chi connectivity index (χ4n) is 2.98. The molecule has 1 amide bonds. The maximum absolute atomic E-state index is 12.4. The molecule has 11 heteroatoms. The Balaban J connectivity index is 1.55. The third-order valence-electron chi connectivity index (χ3n) is 4.53. The summed E-state index contributed by atoms with van der Waals surface area (Å²) in [5.41, 5.74) is 0.618. The molecule has 0 spiro atoms. The SMILES string of the molecule is COc1ccc2c(COC(=O)CCNS(=O)(=O)c3ccc(NC(C)=O)cc3)cc(=O)oc2c1. The normalized spacial score (nSPS) is 11.2. The summed E-state index contributed by atoms with van der Waals surface area (Å²) >= 11 is 0. The molecular formula is C22H22N2O8S. The highest BCUT2D eigenvalue weighted by atomic mass is 32.2. The van der Waals surface area contributed by atoms with Gasteiger partial charge < -0.3 is 19.2 Å². The number of hydrogen-bond donors (Lipinski definition) is 2. The van der Waals surface area contributed by atoms with E-state index >= 15 is 0 Å². The number of hydrogen-bond acceptors (Lipinski definition) is 8. The van der Waals surface area contributed by atoms with Crippen LogP contribution in [-0.2, 0) is 31.0 Å². The van der Waals surface area contributed by atoms with E-state index in [2.05, 4.69) is 10.0 Å². The molecule has 1 aromatic heterocycles. The minimum atomic E-state index is -3.85. The lowest BCUT2D eigenvalue weighted by molar-refractivity contribution is -0.144. The van der Waals surface area contributed by atoms with Gasteiger partial charge in [-0.05, 0) is 36.4 Å². The van der Waals surface area contributed by atoms with E-state index in [-0.39, 0.29) is 30.4 Å². The van der Waals surface area contributed by atoms with Crippen molar-refractivity contribution in [2.45, 2.75) is 24.8 Å². The number of benzene rings is 2. The van der Waals surface area contributed by atoms with Crippen LogP contribution < -0.4 is 20.4 Å². The Morgan fingerprint density at radius 1 is 1.06 bits per heavy atom. The van der Waals surface area contributed by atoms with Gasteiger partial charge >= 0.3 is 11.6 Å². The summed E-state index contributed by atoms with van der Waals surface area (Å²) in [6.07, 6.45) is -0.212. The molecule has 33 heavy (non-hydrogen) atoms. The van der Waals surface area contributed by atoms with Crippen LogP contribution in [0.15, 0.2) is 62.6 Å². The quantitative estimate of drug-likeness (QED) is 0.355. The number of carbonyl (C=O) groups is 2. The van der Waals surface area contributed by atoms with Crippen molar-refractivity contribution >= 4 is 38.6 Å². The molecule has 10 nitrogen and oxygen atoms in total. The van der Waals surface area contributed by atoms with Gasteiger partial charge in [-0.1, -0.05) is 0 Å². The highest BCUT2D eigenvalue weighted by Gasteiger charge is 2.15. The van der Waals surface area contributed by atoms with Gasteiger partial charge in [-0.3, -0.25) is 9.59 Å². The summed E-state index contributed by atoms with van der Waals surface area (Å²) in [7, 11) is -2.36. The Bertz CT molecular complexity index is 1330. The van der Waals surface area contributed by atoms with E-state index in [0.717, 1.165) is 0 Å². The first kappa shape index (κ1) is 24.0. The second-order valence-corrected chi connectivity index (χ2v) is 8.73. The molecule has 0 saturated heterocycles. The number of amides is 1. The Morgan fingerprint density at radius 2 is 1.79 bits per heavy atom. The summed E-state index contributed by atoms with van der Waals surface area (Å²) in [5.74, 6) is -0.406. The number of ether oxygens (including phenoxy) is 2. The Kier molecular flexibility index (Phi) is 7.46. The van der Waals surface area contributed by atoms with Crippen molar-refractivity contribution in [3.05, 3.63) is 64.5 Å². The molecule has 0 aliphatic carbocycles. The van der Waals surface area contributed by atoms with Crippen LogP contribution in [0.2, 0.25) is 0 Å². The van der Waals surface area contributed by atoms with Gasteiger partial charge in [0.25, 0.3) is 0 Å². The van der Waals surface area contributed by atoms with Gasteiger partial charge in [0.15, 0.2) is 0 Å². The first-order valence-electron chi connectivity index (χ1n) is 9.81. The van der Waals surface area contributed by atoms with Crippen LogP contribution in [0, 0.1) is 0 Å². The van der Waals surface area contributed by atoms with Gasteiger partial charge in [-0.2, -0.15) is 0 Å². The molecule has 0 saturated carbocycles. The number of nitrogens with one attached hydrogen (secondary N) is 2. The molecule has 0 unspecified atom stereocenters. The second-order valence-electron chi connectivity index (χ2n) is 6.97. The molecule has 0 aliphatic rings. The number of methoxy groups -OCH3 is 1. The molecule has 174 valence electrons. The summed E-state index contributed by atoms with van der Waals surface area (Å²) < 4.78 is 42.5. The zero-order valence-electron chi connectivity index (χ0n) is 17.9. The minimum Gasteiger partial charge on any atom is -0.497 e. The molecule has 0 aliphatic heterocycles. The Morgan fingerprint density at radius 3 is 2.45 bits per heavy atom. The third-order valence-corrected chi connectivity index (χ3v) is 6.01. The van der Waals surface area contributed by atoms with E-state index in [9.17, 15) is 22.8 Å². The van der Waals surface area contributed by atoms with Crippen LogP contribution in [0.5, 0.6) is 5.75 Å². The number of sulfonamides is 1. The standard InChI is InChI=1S/C22H22N2O8S/c1-14(25)24-16-3-6-18(7-4-16)33(28,29)23-10-9-21(26)31-13-15-11-22(27)32-20-12-17(30-2)5-8-19(15)20/h3-8,11-12,23H,9-10,13H2,1-2H3,(H,24,25). The number of fused-ring (bicyclic) bond motifs is 1. The minimum absolute atomic E-state index is 0.0112. The predicted molar refractivity (Wildman–Crippen MR) is 119 cm³/mol. The third kappa shape index (κ3) is 6.40. The van der Waals surface area contributed by atoms with Crippen LogP contribution in [0.4, 0.5) is 5.69 Å². The summed E-state index contributed by atoms with van der Waals surface area (Å²) in [6, 6.07) is 11.8. The topological polar surface area (TPSA) is 141 Å². The van der Waals surface area contributed by atoms with Crippen molar-refractivity contribution < 1.29 is 31.9 Å². The van der Waals surface area contributed by atoms with Gasteiger partial charge in [0.2, 0.25) is 15.9 Å². The molecule has 0 fully saturated rings. The van der Waals surface area contributed by atoms with Gasteiger partial charge in [0.1, 0.15) is 17.9 Å². The fraction of sp³-hybridized carbons (Fsp3) is 0.227.